The van der Waals surface area contributed by atoms with Crippen molar-refractivity contribution in [1.82, 2.24) is 36.9 Å². The van der Waals surface area contributed by atoms with E-state index < -0.39 is 158 Å². The fourth-order valence-electron chi connectivity index (χ4n) is 5.59. The molecule has 0 bridgehead atoms. The Morgan fingerprint density at radius 1 is 0.476 bits per heavy atom. The molecule has 0 radical (unpaired) electrons. The monoisotopic (exact) mass is 893 g/mol. The minimum absolute atomic E-state index is 0.104. The smallest absolute Gasteiger partial charge is 0.326 e. The molecule has 0 spiro atoms. The number of hydrogen-bond donors (Lipinski definition) is 15. The molecule has 2 rings (SSSR count). The number of fused-ring (bicyclic) bond motifs is 1. The third kappa shape index (κ3) is 17.1. The summed E-state index contributed by atoms with van der Waals surface area (Å²) in [7, 11) is 0. The molecule has 63 heavy (non-hydrogen) atoms. The molecular formula is C35H43N9O19. The normalized spacial score (nSPS) is 14.1. The van der Waals surface area contributed by atoms with Gasteiger partial charge in [-0.15, -0.1) is 0 Å². The Hall–Kier alpha value is -8.17. The molecule has 0 aliphatic rings. The standard InChI is InChI=1S/C35H43N9O19/c36-15(5-13-12-38-16-4-2-1-3-14(13)16)29(56)39-17(7-24(46)47)30(57)40-18(8-25(48)49)31(58)41-19(9-26(50)51)32(59)42-20(10-27(52)53)33(60)43-21(11-28(54)55)34(61)44-22(35(62)63)6-23(37)45/h1-4,12,15,17-22,38H,5-11,36H2,(H2,37,45)(H,39,56)(H,40,57)(H,41,58)(H,42,59)(H,43,60)(H,44,61)(H,46,47)(H,48,49)(H,50,51)(H,52,53)(H,54,55)(H,62,63)/t15-,17-,18-,19-,20-,21-,22-/m0/s1. The number of hydrogen-bond acceptors (Lipinski definition) is 14. The quantitative estimate of drug-likeness (QED) is 0.0397. The SMILES string of the molecule is NC(=O)C[C@H](NC(=O)[C@H](CC(=O)O)NC(=O)[C@H](CC(=O)O)NC(=O)[C@H](CC(=O)O)NC(=O)[C@H](CC(=O)O)NC(=O)[C@H](CC(=O)O)NC(=O)[C@@H](N)Cc1c[nH]c2ccccc12)C(=O)O. The lowest BCUT2D eigenvalue weighted by Crippen LogP contribution is -2.60. The summed E-state index contributed by atoms with van der Waals surface area (Å²) in [5.74, 6) is -20.8. The first kappa shape index (κ1) is 51.0. The van der Waals surface area contributed by atoms with E-state index in [1.54, 1.807) is 46.4 Å². The van der Waals surface area contributed by atoms with Crippen LogP contribution in [0.5, 0.6) is 0 Å². The number of aliphatic carboxylic acids is 6. The van der Waals surface area contributed by atoms with Crippen LogP contribution >= 0.6 is 0 Å². The van der Waals surface area contributed by atoms with E-state index in [2.05, 4.69) is 10.3 Å². The van der Waals surface area contributed by atoms with Gasteiger partial charge < -0.3 is 79.0 Å². The molecule has 28 heteroatoms. The van der Waals surface area contributed by atoms with Crippen LogP contribution in [0.2, 0.25) is 0 Å². The van der Waals surface area contributed by atoms with Gasteiger partial charge >= 0.3 is 35.8 Å². The van der Waals surface area contributed by atoms with Gasteiger partial charge in [0.05, 0.1) is 44.6 Å². The molecule has 28 nitrogen and oxygen atoms in total. The van der Waals surface area contributed by atoms with Crippen LogP contribution in [-0.2, 0) is 68.7 Å². The van der Waals surface area contributed by atoms with E-state index in [0.717, 1.165) is 0 Å². The Balaban J connectivity index is 2.31. The molecule has 17 N–H and O–H groups in total. The maximum Gasteiger partial charge on any atom is 0.326 e. The van der Waals surface area contributed by atoms with Gasteiger partial charge in [-0.05, 0) is 18.1 Å². The Kier molecular flexibility index (Phi) is 19.1. The average molecular weight is 894 g/mol. The van der Waals surface area contributed by atoms with Gasteiger partial charge in [-0.25, -0.2) is 4.79 Å². The van der Waals surface area contributed by atoms with Crippen molar-refractivity contribution >= 4 is 88.1 Å². The van der Waals surface area contributed by atoms with Crippen molar-refractivity contribution in [1.29, 1.82) is 0 Å². The molecule has 1 aromatic heterocycles. The fourth-order valence-corrected chi connectivity index (χ4v) is 5.59. The van der Waals surface area contributed by atoms with E-state index in [1.807, 2.05) is 10.6 Å². The molecule has 0 fully saturated rings. The molecule has 0 aliphatic carbocycles. The summed E-state index contributed by atoms with van der Waals surface area (Å²) in [6, 6.07) is -7.47. The second-order valence-corrected chi connectivity index (χ2v) is 13.5. The molecule has 7 atom stereocenters. The van der Waals surface area contributed by atoms with Crippen LogP contribution < -0.4 is 43.4 Å². The first-order valence-corrected chi connectivity index (χ1v) is 18.1. The second kappa shape index (κ2) is 23.6. The third-order valence-corrected chi connectivity index (χ3v) is 8.53. The maximum atomic E-state index is 13.4. The van der Waals surface area contributed by atoms with Crippen LogP contribution in [0.15, 0.2) is 30.5 Å². The predicted molar refractivity (Wildman–Crippen MR) is 204 cm³/mol. The highest BCUT2D eigenvalue weighted by Crippen LogP contribution is 2.19. The Bertz CT molecular complexity index is 2140. The molecule has 1 aromatic carbocycles. The summed E-state index contributed by atoms with van der Waals surface area (Å²) in [6.07, 6.45) is -5.94. The zero-order valence-corrected chi connectivity index (χ0v) is 32.5. The van der Waals surface area contributed by atoms with Crippen LogP contribution in [-0.4, -0.2) is 155 Å². The number of amides is 7. The van der Waals surface area contributed by atoms with Gasteiger partial charge in [0.2, 0.25) is 41.4 Å². The highest BCUT2D eigenvalue weighted by atomic mass is 16.4. The summed E-state index contributed by atoms with van der Waals surface area (Å²) in [4.78, 5) is 163. The lowest BCUT2D eigenvalue weighted by atomic mass is 10.0. The molecule has 2 aromatic rings. The number of nitrogens with two attached hydrogens (primary N) is 2. The maximum absolute atomic E-state index is 13.4. The Morgan fingerprint density at radius 2 is 0.794 bits per heavy atom. The molecular weight excluding hydrogens is 850 g/mol. The summed E-state index contributed by atoms with van der Waals surface area (Å²) in [6.45, 7) is 0. The van der Waals surface area contributed by atoms with Crippen LogP contribution in [0, 0.1) is 0 Å². The zero-order chi connectivity index (χ0) is 47.7. The average Bonchev–Trinajstić information content (AvgIpc) is 3.57. The first-order valence-electron chi connectivity index (χ1n) is 18.1. The third-order valence-electron chi connectivity index (χ3n) is 8.53. The minimum Gasteiger partial charge on any atom is -0.481 e. The number of benzene rings is 1. The zero-order valence-electron chi connectivity index (χ0n) is 32.5. The van der Waals surface area contributed by atoms with E-state index in [4.69, 9.17) is 11.5 Å². The van der Waals surface area contributed by atoms with E-state index in [9.17, 15) is 93.0 Å². The number of para-hydroxylation sites is 1. The van der Waals surface area contributed by atoms with E-state index in [1.165, 1.54) is 0 Å². The van der Waals surface area contributed by atoms with Crippen LogP contribution in [0.25, 0.3) is 10.9 Å². The summed E-state index contributed by atoms with van der Waals surface area (Å²) < 4.78 is 0. The summed E-state index contributed by atoms with van der Waals surface area (Å²) in [5.41, 5.74) is 12.3. The van der Waals surface area contributed by atoms with Gasteiger partial charge in [0.25, 0.3) is 0 Å². The second-order valence-electron chi connectivity index (χ2n) is 13.5. The molecule has 7 amide bonds. The molecule has 1 heterocycles. The van der Waals surface area contributed by atoms with Crippen LogP contribution in [0.3, 0.4) is 0 Å². The molecule has 342 valence electrons. The number of H-pyrrole nitrogens is 1. The van der Waals surface area contributed by atoms with Crippen molar-refractivity contribution in [3.05, 3.63) is 36.0 Å². The van der Waals surface area contributed by atoms with Crippen molar-refractivity contribution in [2.24, 2.45) is 11.5 Å². The van der Waals surface area contributed by atoms with E-state index in [-0.39, 0.29) is 6.42 Å². The number of aromatic nitrogens is 1. The van der Waals surface area contributed by atoms with Gasteiger partial charge in [0.1, 0.15) is 36.3 Å². The topological polar surface area (TPSA) is 483 Å². The largest absolute Gasteiger partial charge is 0.481 e. The molecule has 0 saturated carbocycles. The Morgan fingerprint density at radius 3 is 1.11 bits per heavy atom. The van der Waals surface area contributed by atoms with Crippen LogP contribution in [0.1, 0.15) is 44.1 Å². The highest BCUT2D eigenvalue weighted by molar-refractivity contribution is 6.00. The van der Waals surface area contributed by atoms with Crippen molar-refractivity contribution < 1.29 is 93.0 Å². The van der Waals surface area contributed by atoms with E-state index in [0.29, 0.717) is 16.5 Å². The molecule has 0 saturated heterocycles. The van der Waals surface area contributed by atoms with Gasteiger partial charge in [-0.3, -0.25) is 57.5 Å². The number of nitrogens with one attached hydrogen (secondary N) is 7. The lowest BCUT2D eigenvalue weighted by Gasteiger charge is -2.26. The van der Waals surface area contributed by atoms with Gasteiger partial charge in [-0.1, -0.05) is 18.2 Å². The number of aromatic amines is 1. The molecule has 0 unspecified atom stereocenters. The highest BCUT2D eigenvalue weighted by Gasteiger charge is 2.37. The van der Waals surface area contributed by atoms with Gasteiger partial charge in [-0.2, -0.15) is 0 Å². The number of carbonyl (C=O) groups is 13. The van der Waals surface area contributed by atoms with E-state index >= 15 is 0 Å². The summed E-state index contributed by atoms with van der Waals surface area (Å²) in [5, 5.41) is 68.2. The van der Waals surface area contributed by atoms with Gasteiger partial charge in [0.15, 0.2) is 0 Å². The first-order chi connectivity index (χ1) is 29.4. The Labute approximate surface area is 352 Å². The number of carboxylic acid groups (broad SMARTS) is 6. The van der Waals surface area contributed by atoms with Crippen molar-refractivity contribution in [3.63, 3.8) is 0 Å². The van der Waals surface area contributed by atoms with Crippen molar-refractivity contribution in [2.45, 2.75) is 87.2 Å². The number of rotatable bonds is 27. The molecule has 0 aliphatic heterocycles. The van der Waals surface area contributed by atoms with Gasteiger partial charge in [0, 0.05) is 17.1 Å². The summed E-state index contributed by atoms with van der Waals surface area (Å²) >= 11 is 0. The number of carboxylic acids is 6. The fraction of sp³-hybridized carbons (Fsp3) is 0.400. The van der Waals surface area contributed by atoms with Crippen molar-refractivity contribution in [2.75, 3.05) is 0 Å². The number of carbonyl (C=O) groups excluding carboxylic acids is 7. The number of primary amides is 1. The van der Waals surface area contributed by atoms with Crippen molar-refractivity contribution in [3.8, 4) is 0 Å². The predicted octanol–water partition coefficient (Wildman–Crippen LogP) is -5.72. The van der Waals surface area contributed by atoms with Crippen LogP contribution in [0.4, 0.5) is 0 Å². The lowest BCUT2D eigenvalue weighted by molar-refractivity contribution is -0.146. The minimum atomic E-state index is -2.31.